The minimum atomic E-state index is -4.82. The summed E-state index contributed by atoms with van der Waals surface area (Å²) in [7, 11) is -3.75. The van der Waals surface area contributed by atoms with Crippen LogP contribution in [0.25, 0.3) is 0 Å². The Kier molecular flexibility index (Phi) is 8.22. The number of ether oxygens (including phenoxy) is 1. The van der Waals surface area contributed by atoms with Crippen molar-refractivity contribution in [2.24, 2.45) is 0 Å². The summed E-state index contributed by atoms with van der Waals surface area (Å²) in [5, 5.41) is 4.78. The first-order valence-electron chi connectivity index (χ1n) is 9.50. The summed E-state index contributed by atoms with van der Waals surface area (Å²) in [5.74, 6) is -1.73. The molecule has 2 aromatic rings. The monoisotopic (exact) mass is 473 g/mol. The van der Waals surface area contributed by atoms with Crippen LogP contribution in [0.3, 0.4) is 0 Å². The second-order valence-corrected chi connectivity index (χ2v) is 8.36. The number of hydrogen-bond donors (Lipinski definition) is 2. The second kappa shape index (κ2) is 10.5. The number of amides is 2. The molecule has 0 aliphatic carbocycles. The Morgan fingerprint density at radius 2 is 1.66 bits per heavy atom. The van der Waals surface area contributed by atoms with Crippen LogP contribution < -0.4 is 15.4 Å². The van der Waals surface area contributed by atoms with Crippen LogP contribution in [-0.4, -0.2) is 50.5 Å². The van der Waals surface area contributed by atoms with Crippen molar-refractivity contribution in [2.45, 2.75) is 25.1 Å². The standard InChI is InChI=1S/C20H22F3N3O5S/c1-3-26(4-2)32(29,30)17-7-5-6-14(12-17)19(28)24-13-18(27)25-15-8-10-16(11-9-15)31-20(21,22)23/h5-12H,3-4,13H2,1-2H3,(H,24,28)(H,25,27). The number of carbonyl (C=O) groups excluding carboxylic acids is 2. The van der Waals surface area contributed by atoms with Gasteiger partial charge < -0.3 is 15.4 Å². The summed E-state index contributed by atoms with van der Waals surface area (Å²) >= 11 is 0. The van der Waals surface area contributed by atoms with Crippen molar-refractivity contribution < 1.29 is 35.9 Å². The van der Waals surface area contributed by atoms with Gasteiger partial charge in [-0.25, -0.2) is 8.42 Å². The Morgan fingerprint density at radius 1 is 1.03 bits per heavy atom. The van der Waals surface area contributed by atoms with Gasteiger partial charge in [0.25, 0.3) is 5.91 Å². The minimum Gasteiger partial charge on any atom is -0.406 e. The summed E-state index contributed by atoms with van der Waals surface area (Å²) in [5.41, 5.74) is 0.255. The van der Waals surface area contributed by atoms with Crippen molar-refractivity contribution in [2.75, 3.05) is 25.0 Å². The number of benzene rings is 2. The average molecular weight is 473 g/mol. The van der Waals surface area contributed by atoms with Gasteiger partial charge in [-0.2, -0.15) is 4.31 Å². The molecule has 0 spiro atoms. The molecule has 174 valence electrons. The number of rotatable bonds is 9. The van der Waals surface area contributed by atoms with Crippen LogP contribution in [0.2, 0.25) is 0 Å². The van der Waals surface area contributed by atoms with Crippen molar-refractivity contribution in [1.29, 1.82) is 0 Å². The maximum Gasteiger partial charge on any atom is 0.573 e. The van der Waals surface area contributed by atoms with Gasteiger partial charge in [-0.1, -0.05) is 19.9 Å². The lowest BCUT2D eigenvalue weighted by Gasteiger charge is -2.18. The molecule has 0 radical (unpaired) electrons. The second-order valence-electron chi connectivity index (χ2n) is 6.42. The van der Waals surface area contributed by atoms with E-state index in [9.17, 15) is 31.2 Å². The number of nitrogens with zero attached hydrogens (tertiary/aromatic N) is 1. The fourth-order valence-electron chi connectivity index (χ4n) is 2.72. The van der Waals surface area contributed by atoms with Crippen LogP contribution in [0, 0.1) is 0 Å². The summed E-state index contributed by atoms with van der Waals surface area (Å²) in [6.07, 6.45) is -4.82. The van der Waals surface area contributed by atoms with Gasteiger partial charge in [0.15, 0.2) is 0 Å². The van der Waals surface area contributed by atoms with E-state index in [0.29, 0.717) is 0 Å². The van der Waals surface area contributed by atoms with Gasteiger partial charge >= 0.3 is 6.36 Å². The molecule has 0 aliphatic heterocycles. The number of hydrogen-bond acceptors (Lipinski definition) is 5. The molecule has 0 fully saturated rings. The normalized spacial score (nSPS) is 11.8. The van der Waals surface area contributed by atoms with Crippen LogP contribution in [0.5, 0.6) is 5.75 Å². The zero-order chi connectivity index (χ0) is 23.9. The van der Waals surface area contributed by atoms with E-state index < -0.39 is 40.5 Å². The maximum atomic E-state index is 12.6. The molecule has 12 heteroatoms. The molecule has 0 unspecified atom stereocenters. The summed E-state index contributed by atoms with van der Waals surface area (Å²) in [4.78, 5) is 24.3. The molecule has 0 heterocycles. The SMILES string of the molecule is CCN(CC)S(=O)(=O)c1cccc(C(=O)NCC(=O)Nc2ccc(OC(F)(F)F)cc2)c1. The highest BCUT2D eigenvalue weighted by molar-refractivity contribution is 7.89. The van der Waals surface area contributed by atoms with Gasteiger partial charge in [0.05, 0.1) is 11.4 Å². The fraction of sp³-hybridized carbons (Fsp3) is 0.300. The van der Waals surface area contributed by atoms with Crippen molar-refractivity contribution in [3.05, 3.63) is 54.1 Å². The van der Waals surface area contributed by atoms with Gasteiger partial charge in [-0.3, -0.25) is 9.59 Å². The Bertz CT molecular complexity index is 1050. The third-order valence-corrected chi connectivity index (χ3v) is 6.27. The summed E-state index contributed by atoms with van der Waals surface area (Å²) in [6, 6.07) is 9.92. The Hall–Kier alpha value is -3.12. The molecule has 0 aliphatic rings. The predicted molar refractivity (Wildman–Crippen MR) is 111 cm³/mol. The Labute approximate surface area is 183 Å². The van der Waals surface area contributed by atoms with Crippen molar-refractivity contribution in [3.63, 3.8) is 0 Å². The van der Waals surface area contributed by atoms with E-state index in [0.717, 1.165) is 12.1 Å². The minimum absolute atomic E-state index is 0.0422. The molecule has 0 saturated carbocycles. The summed E-state index contributed by atoms with van der Waals surface area (Å²) in [6.45, 7) is 3.52. The quantitative estimate of drug-likeness (QED) is 0.583. The first-order chi connectivity index (χ1) is 15.0. The number of nitrogens with one attached hydrogen (secondary N) is 2. The molecule has 0 saturated heterocycles. The number of alkyl halides is 3. The molecular formula is C20H22F3N3O5S. The van der Waals surface area contributed by atoms with E-state index in [1.54, 1.807) is 13.8 Å². The van der Waals surface area contributed by atoms with Crippen molar-refractivity contribution in [1.82, 2.24) is 9.62 Å². The number of anilines is 1. The Balaban J connectivity index is 1.97. The van der Waals surface area contributed by atoms with Crippen molar-refractivity contribution >= 4 is 27.5 Å². The number of halogens is 3. The van der Waals surface area contributed by atoms with Crippen LogP contribution in [0.4, 0.5) is 18.9 Å². The first-order valence-corrected chi connectivity index (χ1v) is 10.9. The van der Waals surface area contributed by atoms with Crippen molar-refractivity contribution in [3.8, 4) is 5.75 Å². The molecule has 32 heavy (non-hydrogen) atoms. The number of carbonyl (C=O) groups is 2. The average Bonchev–Trinajstić information content (AvgIpc) is 2.73. The first kappa shape index (κ1) is 25.1. The fourth-order valence-corrected chi connectivity index (χ4v) is 4.22. The predicted octanol–water partition coefficient (Wildman–Crippen LogP) is 2.98. The van der Waals surface area contributed by atoms with Gasteiger partial charge in [0.2, 0.25) is 15.9 Å². The molecule has 2 amide bonds. The Morgan fingerprint density at radius 3 is 2.22 bits per heavy atom. The third kappa shape index (κ3) is 6.95. The van der Waals surface area contributed by atoms with E-state index >= 15 is 0 Å². The van der Waals surface area contributed by atoms with Gasteiger partial charge in [-0.05, 0) is 42.5 Å². The van der Waals surface area contributed by atoms with E-state index in [1.165, 1.54) is 40.7 Å². The largest absolute Gasteiger partial charge is 0.573 e. The van der Waals surface area contributed by atoms with Crippen LogP contribution in [0.1, 0.15) is 24.2 Å². The lowest BCUT2D eigenvalue weighted by molar-refractivity contribution is -0.274. The molecule has 2 N–H and O–H groups in total. The highest BCUT2D eigenvalue weighted by Gasteiger charge is 2.31. The van der Waals surface area contributed by atoms with Crippen LogP contribution >= 0.6 is 0 Å². The topological polar surface area (TPSA) is 105 Å². The maximum absolute atomic E-state index is 12.6. The molecule has 0 aromatic heterocycles. The molecule has 0 atom stereocenters. The van der Waals surface area contributed by atoms with Gasteiger partial charge in [0, 0.05) is 24.3 Å². The smallest absolute Gasteiger partial charge is 0.406 e. The summed E-state index contributed by atoms with van der Waals surface area (Å²) < 4.78 is 66.7. The molecular weight excluding hydrogens is 451 g/mol. The molecule has 2 rings (SSSR count). The third-order valence-electron chi connectivity index (χ3n) is 4.22. The van der Waals surface area contributed by atoms with Gasteiger partial charge in [0.1, 0.15) is 5.75 Å². The van der Waals surface area contributed by atoms with E-state index in [-0.39, 0.29) is 29.2 Å². The van der Waals surface area contributed by atoms with Gasteiger partial charge in [-0.15, -0.1) is 13.2 Å². The zero-order valence-corrected chi connectivity index (χ0v) is 18.1. The van der Waals surface area contributed by atoms with E-state index in [4.69, 9.17) is 0 Å². The van der Waals surface area contributed by atoms with Crippen LogP contribution in [-0.2, 0) is 14.8 Å². The molecule has 2 aromatic carbocycles. The highest BCUT2D eigenvalue weighted by Crippen LogP contribution is 2.24. The zero-order valence-electron chi connectivity index (χ0n) is 17.3. The van der Waals surface area contributed by atoms with Crippen LogP contribution in [0.15, 0.2) is 53.4 Å². The number of sulfonamides is 1. The molecule has 8 nitrogen and oxygen atoms in total. The molecule has 0 bridgehead atoms. The van der Waals surface area contributed by atoms with E-state index in [2.05, 4.69) is 15.4 Å². The highest BCUT2D eigenvalue weighted by atomic mass is 32.2. The lowest BCUT2D eigenvalue weighted by atomic mass is 10.2. The van der Waals surface area contributed by atoms with E-state index in [1.807, 2.05) is 0 Å². The lowest BCUT2D eigenvalue weighted by Crippen LogP contribution is -2.33.